The van der Waals surface area contributed by atoms with Crippen LogP contribution in [0, 0.1) is 5.92 Å². The number of hydrogen-bond donors (Lipinski definition) is 2. The molecule has 0 aliphatic rings. The number of ether oxygens (including phenoxy) is 2. The maximum absolute atomic E-state index is 11.8. The Hall–Kier alpha value is -2.60. The molecule has 33 heavy (non-hydrogen) atoms. The van der Waals surface area contributed by atoms with Crippen LogP contribution in [0.4, 0.5) is 11.4 Å². The van der Waals surface area contributed by atoms with Gasteiger partial charge < -0.3 is 20.1 Å². The molecule has 0 radical (unpaired) electrons. The predicted octanol–water partition coefficient (Wildman–Crippen LogP) is 7.44. The maximum atomic E-state index is 11.8. The summed E-state index contributed by atoms with van der Waals surface area (Å²) in [6.07, 6.45) is 0. The topological polar surface area (TPSA) is 59.6 Å². The lowest BCUT2D eigenvalue weighted by molar-refractivity contribution is -0.118. The SMILES string of the molecule is COc1cc(CNc2ccc(NC(=O)C(C)C)cc2)c(Cl)cc1OCc1ccc(Cl)cc1Cl. The monoisotopic (exact) mass is 506 g/mol. The molecular weight excluding hydrogens is 483 g/mol. The summed E-state index contributed by atoms with van der Waals surface area (Å²) in [5, 5.41) is 7.83. The zero-order valence-corrected chi connectivity index (χ0v) is 20.8. The van der Waals surface area contributed by atoms with Gasteiger partial charge in [0.15, 0.2) is 11.5 Å². The largest absolute Gasteiger partial charge is 0.493 e. The lowest BCUT2D eigenvalue weighted by Crippen LogP contribution is -2.17. The van der Waals surface area contributed by atoms with Gasteiger partial charge in [0.25, 0.3) is 0 Å². The summed E-state index contributed by atoms with van der Waals surface area (Å²) in [6.45, 7) is 4.44. The number of methoxy groups -OCH3 is 1. The zero-order chi connectivity index (χ0) is 24.0. The Morgan fingerprint density at radius 1 is 0.879 bits per heavy atom. The van der Waals surface area contributed by atoms with Crippen LogP contribution in [0.2, 0.25) is 15.1 Å². The first kappa shape index (κ1) is 25.0. The second-order valence-electron chi connectivity index (χ2n) is 7.69. The average molecular weight is 508 g/mol. The number of anilines is 2. The minimum absolute atomic E-state index is 0.0183. The number of nitrogens with one attached hydrogen (secondary N) is 2. The van der Waals surface area contributed by atoms with Crippen LogP contribution in [0.15, 0.2) is 54.6 Å². The first-order valence-electron chi connectivity index (χ1n) is 10.3. The van der Waals surface area contributed by atoms with Crippen LogP contribution in [-0.4, -0.2) is 13.0 Å². The summed E-state index contributed by atoms with van der Waals surface area (Å²) in [5.41, 5.74) is 3.30. The Bertz CT molecular complexity index is 1120. The summed E-state index contributed by atoms with van der Waals surface area (Å²) in [7, 11) is 1.58. The van der Waals surface area contributed by atoms with E-state index in [-0.39, 0.29) is 18.4 Å². The van der Waals surface area contributed by atoms with Gasteiger partial charge in [0.2, 0.25) is 5.91 Å². The van der Waals surface area contributed by atoms with E-state index < -0.39 is 0 Å². The van der Waals surface area contributed by atoms with E-state index in [9.17, 15) is 4.79 Å². The molecule has 5 nitrogen and oxygen atoms in total. The van der Waals surface area contributed by atoms with Crippen LogP contribution in [-0.2, 0) is 17.9 Å². The molecule has 0 fully saturated rings. The van der Waals surface area contributed by atoms with E-state index in [4.69, 9.17) is 44.3 Å². The van der Waals surface area contributed by atoms with E-state index in [1.54, 1.807) is 25.3 Å². The Morgan fingerprint density at radius 3 is 2.18 bits per heavy atom. The first-order chi connectivity index (χ1) is 15.8. The van der Waals surface area contributed by atoms with Crippen molar-refractivity contribution in [1.29, 1.82) is 0 Å². The lowest BCUT2D eigenvalue weighted by atomic mass is 10.1. The van der Waals surface area contributed by atoms with Crippen LogP contribution in [0.5, 0.6) is 11.5 Å². The van der Waals surface area contributed by atoms with Crippen molar-refractivity contribution in [2.75, 3.05) is 17.7 Å². The molecule has 0 spiro atoms. The third kappa shape index (κ3) is 6.94. The number of benzene rings is 3. The number of halogens is 3. The fraction of sp³-hybridized carbons (Fsp3) is 0.240. The number of hydrogen-bond acceptors (Lipinski definition) is 4. The van der Waals surface area contributed by atoms with E-state index in [0.717, 1.165) is 22.5 Å². The smallest absolute Gasteiger partial charge is 0.226 e. The van der Waals surface area contributed by atoms with E-state index >= 15 is 0 Å². The Morgan fingerprint density at radius 2 is 1.55 bits per heavy atom. The minimum atomic E-state index is -0.0740. The van der Waals surface area contributed by atoms with Gasteiger partial charge in [0.05, 0.1) is 7.11 Å². The van der Waals surface area contributed by atoms with Gasteiger partial charge in [-0.25, -0.2) is 0 Å². The van der Waals surface area contributed by atoms with Gasteiger partial charge in [-0.3, -0.25) is 4.79 Å². The molecule has 3 aromatic carbocycles. The Kier molecular flexibility index (Phi) is 8.73. The molecule has 0 bridgehead atoms. The molecule has 0 aliphatic carbocycles. The summed E-state index contributed by atoms with van der Waals surface area (Å²) in [5.74, 6) is 0.987. The summed E-state index contributed by atoms with van der Waals surface area (Å²) >= 11 is 18.7. The van der Waals surface area contributed by atoms with Crippen LogP contribution >= 0.6 is 34.8 Å². The highest BCUT2D eigenvalue weighted by atomic mass is 35.5. The van der Waals surface area contributed by atoms with E-state index in [1.807, 2.05) is 50.2 Å². The van der Waals surface area contributed by atoms with Gasteiger partial charge in [-0.15, -0.1) is 0 Å². The van der Waals surface area contributed by atoms with Gasteiger partial charge in [0, 0.05) is 50.5 Å². The molecule has 0 unspecified atom stereocenters. The van der Waals surface area contributed by atoms with Gasteiger partial charge in [-0.05, 0) is 48.0 Å². The third-order valence-electron chi connectivity index (χ3n) is 4.89. The average Bonchev–Trinajstić information content (AvgIpc) is 2.78. The van der Waals surface area contributed by atoms with Crippen molar-refractivity contribution in [3.8, 4) is 11.5 Å². The molecule has 174 valence electrons. The second-order valence-corrected chi connectivity index (χ2v) is 8.94. The molecule has 3 rings (SSSR count). The molecule has 0 saturated heterocycles. The van der Waals surface area contributed by atoms with Gasteiger partial charge in [-0.2, -0.15) is 0 Å². The highest BCUT2D eigenvalue weighted by Crippen LogP contribution is 2.35. The van der Waals surface area contributed by atoms with Crippen LogP contribution in [0.1, 0.15) is 25.0 Å². The molecule has 2 N–H and O–H groups in total. The maximum Gasteiger partial charge on any atom is 0.226 e. The third-order valence-corrected chi connectivity index (χ3v) is 5.83. The van der Waals surface area contributed by atoms with Gasteiger partial charge >= 0.3 is 0 Å². The van der Waals surface area contributed by atoms with Crippen LogP contribution < -0.4 is 20.1 Å². The van der Waals surface area contributed by atoms with Crippen LogP contribution in [0.3, 0.4) is 0 Å². The lowest BCUT2D eigenvalue weighted by Gasteiger charge is -2.15. The van der Waals surface area contributed by atoms with E-state index in [1.165, 1.54) is 0 Å². The quantitative estimate of drug-likeness (QED) is 0.316. The summed E-state index contributed by atoms with van der Waals surface area (Å²) in [6, 6.07) is 16.3. The number of carbonyl (C=O) groups excluding carboxylic acids is 1. The minimum Gasteiger partial charge on any atom is -0.493 e. The van der Waals surface area contributed by atoms with Crippen molar-refractivity contribution in [1.82, 2.24) is 0 Å². The van der Waals surface area contributed by atoms with Crippen molar-refractivity contribution in [3.05, 3.63) is 80.8 Å². The highest BCUT2D eigenvalue weighted by molar-refractivity contribution is 6.35. The zero-order valence-electron chi connectivity index (χ0n) is 18.5. The number of amides is 1. The highest BCUT2D eigenvalue weighted by Gasteiger charge is 2.12. The number of carbonyl (C=O) groups is 1. The Labute approximate surface area is 208 Å². The molecule has 0 aromatic heterocycles. The van der Waals surface area contributed by atoms with Crippen LogP contribution in [0.25, 0.3) is 0 Å². The van der Waals surface area contributed by atoms with Gasteiger partial charge in [0.1, 0.15) is 6.61 Å². The molecule has 8 heteroatoms. The molecule has 0 aliphatic heterocycles. The molecule has 1 amide bonds. The van der Waals surface area contributed by atoms with E-state index in [2.05, 4.69) is 10.6 Å². The van der Waals surface area contributed by atoms with Crippen molar-refractivity contribution in [3.63, 3.8) is 0 Å². The molecular formula is C25H25Cl3N2O3. The normalized spacial score (nSPS) is 10.8. The molecule has 3 aromatic rings. The van der Waals surface area contributed by atoms with Crippen molar-refractivity contribution in [2.24, 2.45) is 5.92 Å². The van der Waals surface area contributed by atoms with Crippen molar-refractivity contribution in [2.45, 2.75) is 27.0 Å². The standard InChI is InChI=1S/C25H25Cl3N2O3/c1-15(2)25(31)30-20-8-6-19(7-9-20)29-13-17-10-23(32-3)24(12-22(17)28)33-14-16-4-5-18(26)11-21(16)27/h4-12,15,29H,13-14H2,1-3H3,(H,30,31). The van der Waals surface area contributed by atoms with Crippen molar-refractivity contribution >= 4 is 52.1 Å². The summed E-state index contributed by atoms with van der Waals surface area (Å²) in [4.78, 5) is 11.8. The predicted molar refractivity (Wildman–Crippen MR) is 136 cm³/mol. The van der Waals surface area contributed by atoms with Crippen molar-refractivity contribution < 1.29 is 14.3 Å². The molecule has 0 atom stereocenters. The number of rotatable bonds is 9. The first-order valence-corrected chi connectivity index (χ1v) is 11.5. The summed E-state index contributed by atoms with van der Waals surface area (Å²) < 4.78 is 11.4. The van der Waals surface area contributed by atoms with Gasteiger partial charge in [-0.1, -0.05) is 54.7 Å². The molecule has 0 heterocycles. The Balaban J connectivity index is 1.65. The fourth-order valence-electron chi connectivity index (χ4n) is 2.93. The fourth-order valence-corrected chi connectivity index (χ4v) is 3.62. The second kappa shape index (κ2) is 11.5. The van der Waals surface area contributed by atoms with E-state index in [0.29, 0.717) is 33.1 Å². The molecule has 0 saturated carbocycles.